The molecule has 39 heavy (non-hydrogen) atoms. The average Bonchev–Trinajstić information content (AvgIpc) is 2.91. The summed E-state index contributed by atoms with van der Waals surface area (Å²) in [6, 6.07) is 16.6. The van der Waals surface area contributed by atoms with Gasteiger partial charge in [0.2, 0.25) is 11.8 Å². The first-order valence-electron chi connectivity index (χ1n) is 11.4. The van der Waals surface area contributed by atoms with Gasteiger partial charge >= 0.3 is 6.18 Å². The largest absolute Gasteiger partial charge is 0.493 e. The Morgan fingerprint density at radius 3 is 2.46 bits per heavy atom. The summed E-state index contributed by atoms with van der Waals surface area (Å²) in [5.41, 5.74) is 3.38. The molecule has 0 saturated carbocycles. The van der Waals surface area contributed by atoms with E-state index in [1.807, 2.05) is 0 Å². The molecule has 8 nitrogen and oxygen atoms in total. The topological polar surface area (TPSA) is 113 Å². The summed E-state index contributed by atoms with van der Waals surface area (Å²) in [4.78, 5) is 24.1. The fraction of sp³-hybridized carbons (Fsp3) is 0.185. The Kier molecular flexibility index (Phi) is 10.1. The highest BCUT2D eigenvalue weighted by atomic mass is 79.9. The summed E-state index contributed by atoms with van der Waals surface area (Å²) in [6.45, 7) is 0.242. The van der Waals surface area contributed by atoms with Crippen molar-refractivity contribution in [2.45, 2.75) is 25.6 Å². The maximum atomic E-state index is 12.8. The predicted octanol–water partition coefficient (Wildman–Crippen LogP) is 5.80. The maximum absolute atomic E-state index is 12.8. The molecular weight excluding hydrogens is 581 g/mol. The normalized spacial score (nSPS) is 11.1. The third-order valence-electron chi connectivity index (χ3n) is 5.17. The molecule has 0 unspecified atom stereocenters. The number of benzene rings is 3. The van der Waals surface area contributed by atoms with Crippen LogP contribution in [0.25, 0.3) is 0 Å². The van der Waals surface area contributed by atoms with Crippen molar-refractivity contribution in [2.24, 2.45) is 5.10 Å². The molecule has 0 aliphatic heterocycles. The number of methoxy groups -OCH3 is 1. The van der Waals surface area contributed by atoms with E-state index in [0.29, 0.717) is 27.1 Å². The molecule has 0 aliphatic carbocycles. The lowest BCUT2D eigenvalue weighted by Gasteiger charge is -2.13. The number of ether oxygens (including phenoxy) is 2. The molecule has 2 N–H and O–H groups in total. The third kappa shape index (κ3) is 8.86. The summed E-state index contributed by atoms with van der Waals surface area (Å²) < 4.78 is 50.3. The van der Waals surface area contributed by atoms with E-state index in [1.54, 1.807) is 36.4 Å². The molecule has 3 aromatic rings. The van der Waals surface area contributed by atoms with Gasteiger partial charge < -0.3 is 14.8 Å². The fourth-order valence-corrected chi connectivity index (χ4v) is 3.82. The molecular formula is C27H22BrF3N4O4. The maximum Gasteiger partial charge on any atom is 0.416 e. The van der Waals surface area contributed by atoms with Crippen LogP contribution in [0.1, 0.15) is 35.1 Å². The highest BCUT2D eigenvalue weighted by Gasteiger charge is 2.30. The van der Waals surface area contributed by atoms with Gasteiger partial charge in [0, 0.05) is 18.5 Å². The number of carbonyl (C=O) groups excluding carboxylic acids is 2. The van der Waals surface area contributed by atoms with Crippen LogP contribution in [0, 0.1) is 11.3 Å². The lowest BCUT2D eigenvalue weighted by molar-refractivity contribution is -0.137. The van der Waals surface area contributed by atoms with E-state index >= 15 is 0 Å². The Morgan fingerprint density at radius 1 is 1.08 bits per heavy atom. The van der Waals surface area contributed by atoms with E-state index in [4.69, 9.17) is 14.7 Å². The molecule has 0 bridgehead atoms. The van der Waals surface area contributed by atoms with Gasteiger partial charge in [-0.05, 0) is 69.5 Å². The first kappa shape index (κ1) is 29.2. The first-order valence-corrected chi connectivity index (χ1v) is 12.2. The number of amides is 2. The number of hydrazone groups is 1. The van der Waals surface area contributed by atoms with E-state index in [0.717, 1.165) is 17.7 Å². The van der Waals surface area contributed by atoms with Gasteiger partial charge in [-0.25, -0.2) is 5.43 Å². The zero-order chi connectivity index (χ0) is 28.4. The molecule has 0 aliphatic rings. The van der Waals surface area contributed by atoms with Crippen molar-refractivity contribution in [2.75, 3.05) is 12.4 Å². The molecule has 0 saturated heterocycles. The van der Waals surface area contributed by atoms with Crippen molar-refractivity contribution < 1.29 is 32.2 Å². The van der Waals surface area contributed by atoms with Gasteiger partial charge in [0.25, 0.3) is 0 Å². The number of nitrogens with zero attached hydrogens (tertiary/aromatic N) is 2. The lowest BCUT2D eigenvalue weighted by atomic mass is 10.1. The number of alkyl halides is 3. The van der Waals surface area contributed by atoms with Crippen LogP contribution in [-0.2, 0) is 22.4 Å². The molecule has 0 heterocycles. The fourth-order valence-electron chi connectivity index (χ4n) is 3.24. The van der Waals surface area contributed by atoms with Crippen LogP contribution in [0.2, 0.25) is 0 Å². The average molecular weight is 603 g/mol. The smallest absolute Gasteiger partial charge is 0.416 e. The van der Waals surface area contributed by atoms with Gasteiger partial charge in [-0.2, -0.15) is 23.5 Å². The summed E-state index contributed by atoms with van der Waals surface area (Å²) >= 11 is 3.44. The zero-order valence-corrected chi connectivity index (χ0v) is 22.1. The number of nitrogens with one attached hydrogen (secondary N) is 2. The van der Waals surface area contributed by atoms with Crippen LogP contribution in [0.5, 0.6) is 11.5 Å². The van der Waals surface area contributed by atoms with Crippen LogP contribution in [0.15, 0.2) is 70.2 Å². The Labute approximate surface area is 230 Å². The molecule has 0 aromatic heterocycles. The quantitative estimate of drug-likeness (QED) is 0.225. The molecule has 3 aromatic carbocycles. The number of anilines is 1. The van der Waals surface area contributed by atoms with Crippen molar-refractivity contribution in [3.63, 3.8) is 0 Å². The van der Waals surface area contributed by atoms with Crippen molar-refractivity contribution in [1.29, 1.82) is 5.26 Å². The third-order valence-corrected chi connectivity index (χ3v) is 5.76. The van der Waals surface area contributed by atoms with Crippen LogP contribution in [-0.4, -0.2) is 25.1 Å². The lowest BCUT2D eigenvalue weighted by Crippen LogP contribution is -2.20. The van der Waals surface area contributed by atoms with Gasteiger partial charge in [-0.1, -0.05) is 18.2 Å². The van der Waals surface area contributed by atoms with Gasteiger partial charge in [-0.15, -0.1) is 0 Å². The minimum atomic E-state index is -4.53. The monoisotopic (exact) mass is 602 g/mol. The second-order valence-corrected chi connectivity index (χ2v) is 8.91. The van der Waals surface area contributed by atoms with E-state index in [2.05, 4.69) is 37.8 Å². The van der Waals surface area contributed by atoms with Crippen LogP contribution in [0.3, 0.4) is 0 Å². The van der Waals surface area contributed by atoms with E-state index in [-0.39, 0.29) is 25.1 Å². The second-order valence-electron chi connectivity index (χ2n) is 8.05. The summed E-state index contributed by atoms with van der Waals surface area (Å²) in [7, 11) is 1.48. The second kappa shape index (κ2) is 13.4. The van der Waals surface area contributed by atoms with Crippen LogP contribution < -0.4 is 20.2 Å². The molecule has 202 valence electrons. The Hall–Kier alpha value is -4.37. The number of halogens is 4. The van der Waals surface area contributed by atoms with Gasteiger partial charge in [0.15, 0.2) is 11.5 Å². The molecule has 2 amide bonds. The van der Waals surface area contributed by atoms with E-state index in [9.17, 15) is 22.8 Å². The van der Waals surface area contributed by atoms with Crippen LogP contribution in [0.4, 0.5) is 18.9 Å². The van der Waals surface area contributed by atoms with Crippen molar-refractivity contribution in [1.82, 2.24) is 5.43 Å². The Morgan fingerprint density at radius 2 is 1.79 bits per heavy atom. The Bertz CT molecular complexity index is 1400. The number of carbonyl (C=O) groups is 2. The van der Waals surface area contributed by atoms with Gasteiger partial charge in [0.05, 0.1) is 35.0 Å². The Balaban J connectivity index is 1.51. The highest BCUT2D eigenvalue weighted by molar-refractivity contribution is 9.10. The highest BCUT2D eigenvalue weighted by Crippen LogP contribution is 2.37. The van der Waals surface area contributed by atoms with Gasteiger partial charge in [0.1, 0.15) is 6.61 Å². The zero-order valence-electron chi connectivity index (χ0n) is 20.5. The standard InChI is InChI=1S/C27H22BrF3N4O4/c1-38-23-12-19(11-22(28)26(23)39-16-18-7-5-17(14-32)6-8-18)15-33-35-25(37)10-9-24(36)34-21-4-2-3-20(13-21)27(29,30)31/h2-8,11-13,15H,9-10,16H2,1H3,(H,34,36)(H,35,37). The molecule has 0 atom stereocenters. The number of hydrogen-bond donors (Lipinski definition) is 2. The molecule has 12 heteroatoms. The van der Waals surface area contributed by atoms with E-state index in [1.165, 1.54) is 25.5 Å². The van der Waals surface area contributed by atoms with Crippen molar-refractivity contribution in [3.8, 4) is 17.6 Å². The number of nitriles is 1. The predicted molar refractivity (Wildman–Crippen MR) is 141 cm³/mol. The number of rotatable bonds is 10. The molecule has 0 fully saturated rings. The summed E-state index contributed by atoms with van der Waals surface area (Å²) in [6.07, 6.45) is -3.63. The van der Waals surface area contributed by atoms with Gasteiger partial charge in [-0.3, -0.25) is 9.59 Å². The van der Waals surface area contributed by atoms with Crippen molar-refractivity contribution in [3.05, 3.63) is 87.4 Å². The van der Waals surface area contributed by atoms with E-state index < -0.39 is 23.6 Å². The molecule has 0 radical (unpaired) electrons. The summed E-state index contributed by atoms with van der Waals surface area (Å²) in [5.74, 6) is -0.301. The minimum Gasteiger partial charge on any atom is -0.493 e. The minimum absolute atomic E-state index is 0.0166. The number of hydrogen-bond acceptors (Lipinski definition) is 6. The van der Waals surface area contributed by atoms with Crippen LogP contribution >= 0.6 is 15.9 Å². The molecule has 0 spiro atoms. The van der Waals surface area contributed by atoms with Crippen molar-refractivity contribution >= 4 is 39.6 Å². The first-order chi connectivity index (χ1) is 18.6. The molecule has 3 rings (SSSR count). The SMILES string of the molecule is COc1cc(C=NNC(=O)CCC(=O)Nc2cccc(C(F)(F)F)c2)cc(Br)c1OCc1ccc(C#N)cc1. The summed E-state index contributed by atoms with van der Waals surface area (Å²) in [5, 5.41) is 15.1.